The third-order valence-electron chi connectivity index (χ3n) is 7.44. The van der Waals surface area contributed by atoms with Crippen LogP contribution in [0.5, 0.6) is 17.2 Å². The number of benzene rings is 3. The van der Waals surface area contributed by atoms with Crippen LogP contribution >= 0.6 is 0 Å². The van der Waals surface area contributed by atoms with Crippen LogP contribution in [0.2, 0.25) is 0 Å². The molecular formula is C30H24N4O5. The van der Waals surface area contributed by atoms with Crippen LogP contribution in [-0.2, 0) is 16.8 Å². The van der Waals surface area contributed by atoms with Gasteiger partial charge in [-0.05, 0) is 49.2 Å². The normalized spacial score (nSPS) is 18.2. The number of nitrogens with one attached hydrogen (secondary N) is 1. The van der Waals surface area contributed by atoms with E-state index in [1.54, 1.807) is 23.1 Å². The summed E-state index contributed by atoms with van der Waals surface area (Å²) in [7, 11) is 0. The number of hydrogen-bond donors (Lipinski definition) is 1. The lowest BCUT2D eigenvalue weighted by Gasteiger charge is -2.24. The van der Waals surface area contributed by atoms with Gasteiger partial charge in [0, 0.05) is 34.3 Å². The van der Waals surface area contributed by atoms with Gasteiger partial charge in [-0.2, -0.15) is 0 Å². The van der Waals surface area contributed by atoms with Crippen molar-refractivity contribution < 1.29 is 23.8 Å². The van der Waals surface area contributed by atoms with Gasteiger partial charge in [-0.15, -0.1) is 0 Å². The number of nitrogens with zero attached hydrogens (tertiary/aromatic N) is 3. The molecular weight excluding hydrogens is 496 g/mol. The van der Waals surface area contributed by atoms with Crippen molar-refractivity contribution in [3.63, 3.8) is 0 Å². The number of aromatic nitrogens is 2. The minimum atomic E-state index is -1.02. The van der Waals surface area contributed by atoms with Crippen molar-refractivity contribution in [2.75, 3.05) is 23.6 Å². The summed E-state index contributed by atoms with van der Waals surface area (Å²) < 4.78 is 17.2. The minimum Gasteiger partial charge on any atom is -0.491 e. The summed E-state index contributed by atoms with van der Waals surface area (Å²) in [5.74, 6) is 1.60. The third-order valence-corrected chi connectivity index (χ3v) is 7.44. The van der Waals surface area contributed by atoms with Crippen molar-refractivity contribution in [2.24, 2.45) is 0 Å². The van der Waals surface area contributed by atoms with Crippen molar-refractivity contribution in [3.05, 3.63) is 100 Å². The predicted molar refractivity (Wildman–Crippen MR) is 142 cm³/mol. The summed E-state index contributed by atoms with van der Waals surface area (Å²) >= 11 is 0. The number of hydrogen-bond acceptors (Lipinski definition) is 7. The zero-order chi connectivity index (χ0) is 26.7. The smallest absolute Gasteiger partial charge is 0.258 e. The molecule has 0 aliphatic carbocycles. The van der Waals surface area contributed by atoms with Gasteiger partial charge in [-0.25, -0.2) is 9.97 Å². The number of carbonyl (C=O) groups excluding carboxylic acids is 2. The van der Waals surface area contributed by atoms with Crippen molar-refractivity contribution in [3.8, 4) is 17.2 Å². The van der Waals surface area contributed by atoms with Crippen LogP contribution in [0.1, 0.15) is 38.4 Å². The quantitative estimate of drug-likeness (QED) is 0.428. The summed E-state index contributed by atoms with van der Waals surface area (Å²) in [6.07, 6.45) is 0. The van der Waals surface area contributed by atoms with Crippen LogP contribution < -0.4 is 24.4 Å². The van der Waals surface area contributed by atoms with E-state index >= 15 is 0 Å². The Balaban J connectivity index is 1.25. The summed E-state index contributed by atoms with van der Waals surface area (Å²) in [5, 5.41) is 2.81. The maximum absolute atomic E-state index is 14.4. The fourth-order valence-corrected chi connectivity index (χ4v) is 5.72. The SMILES string of the molecule is Cc1cc(C)nc(NC(=O)c2ccccc2CN2C(=O)C3(COc4cc5c(cc43)OCO5)c3ccccc32)n1. The number of anilines is 2. The van der Waals surface area contributed by atoms with Gasteiger partial charge in [0.15, 0.2) is 11.5 Å². The highest BCUT2D eigenvalue weighted by atomic mass is 16.7. The Kier molecular flexibility index (Phi) is 5.09. The van der Waals surface area contributed by atoms with E-state index in [2.05, 4.69) is 15.3 Å². The molecule has 1 aromatic heterocycles. The molecule has 39 heavy (non-hydrogen) atoms. The van der Waals surface area contributed by atoms with Crippen LogP contribution in [-0.4, -0.2) is 35.2 Å². The monoisotopic (exact) mass is 520 g/mol. The molecule has 1 N–H and O–H groups in total. The second kappa shape index (κ2) is 8.56. The van der Waals surface area contributed by atoms with Gasteiger partial charge in [-0.1, -0.05) is 36.4 Å². The highest BCUT2D eigenvalue weighted by molar-refractivity contribution is 6.12. The molecule has 1 spiro atoms. The van der Waals surface area contributed by atoms with Crippen LogP contribution in [0.25, 0.3) is 0 Å². The largest absolute Gasteiger partial charge is 0.491 e. The van der Waals surface area contributed by atoms with Crippen LogP contribution in [0.3, 0.4) is 0 Å². The first-order valence-corrected chi connectivity index (χ1v) is 12.6. The zero-order valence-electron chi connectivity index (χ0n) is 21.4. The fraction of sp³-hybridized carbons (Fsp3) is 0.200. The second-order valence-electron chi connectivity index (χ2n) is 9.89. The van der Waals surface area contributed by atoms with E-state index in [1.165, 1.54) is 0 Å². The molecule has 4 heterocycles. The molecule has 0 fully saturated rings. The molecule has 4 aromatic rings. The topological polar surface area (TPSA) is 103 Å². The summed E-state index contributed by atoms with van der Waals surface area (Å²) in [5.41, 5.74) is 4.04. The molecule has 2 amide bonds. The average Bonchev–Trinajstić information content (AvgIpc) is 3.60. The maximum Gasteiger partial charge on any atom is 0.258 e. The average molecular weight is 521 g/mol. The molecule has 0 saturated heterocycles. The lowest BCUT2D eigenvalue weighted by atomic mass is 9.77. The van der Waals surface area contributed by atoms with E-state index in [9.17, 15) is 9.59 Å². The molecule has 9 nitrogen and oxygen atoms in total. The predicted octanol–water partition coefficient (Wildman–Crippen LogP) is 4.30. The number of carbonyl (C=O) groups is 2. The Morgan fingerprint density at radius 3 is 2.44 bits per heavy atom. The Morgan fingerprint density at radius 2 is 1.62 bits per heavy atom. The molecule has 0 radical (unpaired) electrons. The first-order chi connectivity index (χ1) is 18.9. The van der Waals surface area contributed by atoms with Gasteiger partial charge in [0.2, 0.25) is 18.6 Å². The van der Waals surface area contributed by atoms with Crippen LogP contribution in [0.15, 0.2) is 66.7 Å². The zero-order valence-corrected chi connectivity index (χ0v) is 21.4. The number of fused-ring (bicyclic) bond motifs is 5. The lowest BCUT2D eigenvalue weighted by Crippen LogP contribution is -2.42. The number of aryl methyl sites for hydroxylation is 2. The molecule has 3 aliphatic heterocycles. The molecule has 1 atom stereocenters. The van der Waals surface area contributed by atoms with Gasteiger partial charge in [0.25, 0.3) is 5.91 Å². The molecule has 1 unspecified atom stereocenters. The van der Waals surface area contributed by atoms with E-state index in [1.807, 2.05) is 62.4 Å². The third kappa shape index (κ3) is 3.53. The second-order valence-corrected chi connectivity index (χ2v) is 9.89. The molecule has 3 aromatic carbocycles. The van der Waals surface area contributed by atoms with E-state index in [-0.39, 0.29) is 37.7 Å². The van der Waals surface area contributed by atoms with Gasteiger partial charge >= 0.3 is 0 Å². The van der Waals surface area contributed by atoms with Crippen molar-refractivity contribution >= 4 is 23.5 Å². The van der Waals surface area contributed by atoms with Gasteiger partial charge in [-0.3, -0.25) is 14.9 Å². The van der Waals surface area contributed by atoms with E-state index < -0.39 is 5.41 Å². The highest BCUT2D eigenvalue weighted by Crippen LogP contribution is 2.55. The molecule has 7 rings (SSSR count). The maximum atomic E-state index is 14.4. The molecule has 0 bridgehead atoms. The summed E-state index contributed by atoms with van der Waals surface area (Å²) in [6.45, 7) is 4.21. The molecule has 9 heteroatoms. The van der Waals surface area contributed by atoms with E-state index in [4.69, 9.17) is 14.2 Å². The molecule has 0 saturated carbocycles. The number of rotatable bonds is 4. The van der Waals surface area contributed by atoms with Gasteiger partial charge in [0.1, 0.15) is 17.8 Å². The van der Waals surface area contributed by atoms with E-state index in [0.717, 1.165) is 28.2 Å². The highest BCUT2D eigenvalue weighted by Gasteiger charge is 2.57. The first-order valence-electron chi connectivity index (χ1n) is 12.6. The Bertz CT molecular complexity index is 1670. The summed E-state index contributed by atoms with van der Waals surface area (Å²) in [4.78, 5) is 38.1. The minimum absolute atomic E-state index is 0.117. The van der Waals surface area contributed by atoms with Crippen molar-refractivity contribution in [1.82, 2.24) is 9.97 Å². The Morgan fingerprint density at radius 1 is 0.897 bits per heavy atom. The Hall–Kier alpha value is -4.92. The number of amides is 2. The standard InChI is InChI=1S/C30H24N4O5/c1-17-11-18(2)32-29(31-17)33-27(35)20-8-4-3-7-19(20)14-34-23-10-6-5-9-21(23)30(28(34)36)15-37-24-13-26-25(12-22(24)30)38-16-39-26/h3-13H,14-16H2,1-2H3,(H,31,32,33,35). The van der Waals surface area contributed by atoms with Crippen molar-refractivity contribution in [1.29, 1.82) is 0 Å². The van der Waals surface area contributed by atoms with E-state index in [0.29, 0.717) is 28.4 Å². The van der Waals surface area contributed by atoms with Crippen molar-refractivity contribution in [2.45, 2.75) is 25.8 Å². The fourth-order valence-electron chi connectivity index (χ4n) is 5.72. The lowest BCUT2D eigenvalue weighted by molar-refractivity contribution is -0.122. The van der Waals surface area contributed by atoms with Gasteiger partial charge < -0.3 is 19.1 Å². The Labute approximate surface area is 224 Å². The number of para-hydroxylation sites is 1. The molecule has 3 aliphatic rings. The summed E-state index contributed by atoms with van der Waals surface area (Å²) in [6, 6.07) is 20.5. The van der Waals surface area contributed by atoms with Crippen LogP contribution in [0.4, 0.5) is 11.6 Å². The first kappa shape index (κ1) is 23.2. The number of ether oxygens (including phenoxy) is 3. The van der Waals surface area contributed by atoms with Crippen LogP contribution in [0, 0.1) is 13.8 Å². The molecule has 194 valence electrons. The van der Waals surface area contributed by atoms with Gasteiger partial charge in [0.05, 0.1) is 6.54 Å².